The summed E-state index contributed by atoms with van der Waals surface area (Å²) in [6.07, 6.45) is 3.29. The predicted molar refractivity (Wildman–Crippen MR) is 105 cm³/mol. The van der Waals surface area contributed by atoms with Crippen LogP contribution >= 0.6 is 0 Å². The molecular formula is C23H23NO4. The first-order chi connectivity index (χ1) is 13.5. The third kappa shape index (κ3) is 3.70. The number of anilines is 1. The van der Waals surface area contributed by atoms with Gasteiger partial charge in [0, 0.05) is 24.2 Å². The van der Waals surface area contributed by atoms with Crippen molar-refractivity contribution in [2.24, 2.45) is 5.92 Å². The fraction of sp³-hybridized carbons (Fsp3) is 0.348. The minimum absolute atomic E-state index is 0.101. The van der Waals surface area contributed by atoms with Crippen LogP contribution < -0.4 is 4.90 Å². The van der Waals surface area contributed by atoms with Gasteiger partial charge in [-0.1, -0.05) is 29.8 Å². The van der Waals surface area contributed by atoms with Crippen LogP contribution in [0.4, 0.5) is 5.69 Å². The molecule has 1 aliphatic heterocycles. The zero-order valence-corrected chi connectivity index (χ0v) is 15.9. The first-order valence-corrected chi connectivity index (χ1v) is 9.70. The fourth-order valence-electron chi connectivity index (χ4n) is 3.92. The van der Waals surface area contributed by atoms with E-state index < -0.39 is 11.9 Å². The largest absolute Gasteiger partial charge is 0.457 e. The van der Waals surface area contributed by atoms with Crippen molar-refractivity contribution in [1.29, 1.82) is 0 Å². The Hall–Kier alpha value is -2.95. The number of benzene rings is 2. The molecule has 0 bridgehead atoms. The zero-order chi connectivity index (χ0) is 19.7. The second-order valence-corrected chi connectivity index (χ2v) is 7.61. The number of aryl methyl sites for hydroxylation is 3. The van der Waals surface area contributed by atoms with Gasteiger partial charge in [0.25, 0.3) is 0 Å². The van der Waals surface area contributed by atoms with Crippen molar-refractivity contribution in [3.63, 3.8) is 0 Å². The highest BCUT2D eigenvalue weighted by Crippen LogP contribution is 2.26. The molecule has 144 valence electrons. The summed E-state index contributed by atoms with van der Waals surface area (Å²) in [7, 11) is 0. The Bertz CT molecular complexity index is 932. The summed E-state index contributed by atoms with van der Waals surface area (Å²) in [6.45, 7) is 1.98. The maximum Gasteiger partial charge on any atom is 0.311 e. The van der Waals surface area contributed by atoms with E-state index in [1.165, 1.54) is 11.1 Å². The Balaban J connectivity index is 1.34. The average Bonchev–Trinajstić information content (AvgIpc) is 3.32. The van der Waals surface area contributed by atoms with Gasteiger partial charge in [-0.2, -0.15) is 0 Å². The number of esters is 1. The van der Waals surface area contributed by atoms with E-state index in [2.05, 4.69) is 0 Å². The van der Waals surface area contributed by atoms with Crippen molar-refractivity contribution in [2.45, 2.75) is 32.6 Å². The third-order valence-corrected chi connectivity index (χ3v) is 5.57. The van der Waals surface area contributed by atoms with Gasteiger partial charge in [0.2, 0.25) is 5.91 Å². The van der Waals surface area contributed by atoms with E-state index in [4.69, 9.17) is 4.74 Å². The van der Waals surface area contributed by atoms with Crippen molar-refractivity contribution in [3.05, 3.63) is 64.7 Å². The van der Waals surface area contributed by atoms with E-state index in [1.54, 1.807) is 11.0 Å². The molecule has 4 rings (SSSR count). The lowest BCUT2D eigenvalue weighted by atomic mass is 10.0. The van der Waals surface area contributed by atoms with Crippen LogP contribution in [0.3, 0.4) is 0 Å². The minimum Gasteiger partial charge on any atom is -0.457 e. The Morgan fingerprint density at radius 1 is 1.07 bits per heavy atom. The smallest absolute Gasteiger partial charge is 0.311 e. The summed E-state index contributed by atoms with van der Waals surface area (Å²) in [5.74, 6) is -1.34. The van der Waals surface area contributed by atoms with E-state index in [0.29, 0.717) is 5.56 Å². The summed E-state index contributed by atoms with van der Waals surface area (Å²) in [5.41, 5.74) is 4.98. The molecule has 1 fully saturated rings. The van der Waals surface area contributed by atoms with Crippen LogP contribution in [0.2, 0.25) is 0 Å². The number of rotatable bonds is 5. The van der Waals surface area contributed by atoms with Gasteiger partial charge in [-0.05, 0) is 55.5 Å². The topological polar surface area (TPSA) is 63.7 Å². The van der Waals surface area contributed by atoms with Crippen molar-refractivity contribution in [3.8, 4) is 0 Å². The Kier molecular flexibility index (Phi) is 4.99. The molecule has 5 nitrogen and oxygen atoms in total. The number of amides is 1. The maximum atomic E-state index is 12.4. The number of hydrogen-bond acceptors (Lipinski definition) is 4. The zero-order valence-electron chi connectivity index (χ0n) is 15.9. The summed E-state index contributed by atoms with van der Waals surface area (Å²) in [6, 6.07) is 13.3. The van der Waals surface area contributed by atoms with Crippen LogP contribution in [0.1, 0.15) is 39.9 Å². The van der Waals surface area contributed by atoms with Crippen LogP contribution in [0, 0.1) is 12.8 Å². The molecule has 0 aromatic heterocycles. The van der Waals surface area contributed by atoms with E-state index in [9.17, 15) is 14.4 Å². The van der Waals surface area contributed by atoms with Gasteiger partial charge < -0.3 is 9.64 Å². The molecule has 2 aromatic carbocycles. The summed E-state index contributed by atoms with van der Waals surface area (Å²) >= 11 is 0. The summed E-state index contributed by atoms with van der Waals surface area (Å²) in [4.78, 5) is 38.7. The molecule has 0 saturated carbocycles. The lowest BCUT2D eigenvalue weighted by Crippen LogP contribution is -2.27. The number of fused-ring (bicyclic) bond motifs is 1. The van der Waals surface area contributed by atoms with Crippen LogP contribution in [0.5, 0.6) is 0 Å². The lowest BCUT2D eigenvalue weighted by Gasteiger charge is -2.16. The number of ketones is 1. The molecule has 1 atom stereocenters. The number of nitrogens with zero attached hydrogens (tertiary/aromatic N) is 1. The van der Waals surface area contributed by atoms with Gasteiger partial charge >= 0.3 is 5.97 Å². The summed E-state index contributed by atoms with van der Waals surface area (Å²) < 4.78 is 5.25. The minimum atomic E-state index is -0.540. The molecule has 1 heterocycles. The SMILES string of the molecule is Cc1ccc(N2C[C@@H](C(=O)OCC(=O)c3ccc4c(c3)CCC4)CC2=O)cc1. The van der Waals surface area contributed by atoms with Crippen LogP contribution in [-0.2, 0) is 27.2 Å². The fourth-order valence-corrected chi connectivity index (χ4v) is 3.92. The monoisotopic (exact) mass is 377 g/mol. The second kappa shape index (κ2) is 7.58. The maximum absolute atomic E-state index is 12.4. The number of carbonyl (C=O) groups excluding carboxylic acids is 3. The lowest BCUT2D eigenvalue weighted by molar-refractivity contribution is -0.147. The number of hydrogen-bond donors (Lipinski definition) is 0. The highest BCUT2D eigenvalue weighted by Gasteiger charge is 2.36. The van der Waals surface area contributed by atoms with Crippen LogP contribution in [-0.4, -0.2) is 30.8 Å². The molecule has 0 N–H and O–H groups in total. The van der Waals surface area contributed by atoms with Gasteiger partial charge in [-0.3, -0.25) is 14.4 Å². The molecule has 2 aromatic rings. The molecular weight excluding hydrogens is 354 g/mol. The number of carbonyl (C=O) groups is 3. The molecule has 1 saturated heterocycles. The van der Waals surface area contributed by atoms with Gasteiger partial charge in [-0.15, -0.1) is 0 Å². The molecule has 0 spiro atoms. The molecule has 0 unspecified atom stereocenters. The van der Waals surface area contributed by atoms with E-state index in [-0.39, 0.29) is 31.3 Å². The highest BCUT2D eigenvalue weighted by molar-refractivity contribution is 6.01. The van der Waals surface area contributed by atoms with Crippen LogP contribution in [0.15, 0.2) is 42.5 Å². The molecule has 1 aliphatic carbocycles. The molecule has 1 amide bonds. The van der Waals surface area contributed by atoms with Crippen LogP contribution in [0.25, 0.3) is 0 Å². The quantitative estimate of drug-likeness (QED) is 0.593. The third-order valence-electron chi connectivity index (χ3n) is 5.57. The Morgan fingerprint density at radius 3 is 2.61 bits per heavy atom. The second-order valence-electron chi connectivity index (χ2n) is 7.61. The van der Waals surface area contributed by atoms with E-state index in [1.807, 2.05) is 43.3 Å². The number of ether oxygens (including phenoxy) is 1. The molecule has 0 radical (unpaired) electrons. The van der Waals surface area contributed by atoms with Gasteiger partial charge in [0.15, 0.2) is 12.4 Å². The van der Waals surface area contributed by atoms with Gasteiger partial charge in [0.1, 0.15) is 0 Å². The average molecular weight is 377 g/mol. The van der Waals surface area contributed by atoms with Crippen molar-refractivity contribution < 1.29 is 19.1 Å². The predicted octanol–water partition coefficient (Wildman–Crippen LogP) is 3.26. The van der Waals surface area contributed by atoms with Crippen molar-refractivity contribution in [1.82, 2.24) is 0 Å². The molecule has 5 heteroatoms. The van der Waals surface area contributed by atoms with Gasteiger partial charge in [-0.25, -0.2) is 0 Å². The van der Waals surface area contributed by atoms with Crippen molar-refractivity contribution in [2.75, 3.05) is 18.1 Å². The Morgan fingerprint density at radius 2 is 1.82 bits per heavy atom. The van der Waals surface area contributed by atoms with Crippen molar-refractivity contribution >= 4 is 23.3 Å². The standard InChI is InChI=1S/C23H23NO4/c1-15-5-9-20(10-6-15)24-13-19(12-22(24)26)23(27)28-14-21(25)18-8-7-16-3-2-4-17(16)11-18/h5-11,19H,2-4,12-14H2,1H3/t19-/m0/s1. The first kappa shape index (κ1) is 18.4. The molecule has 2 aliphatic rings. The van der Waals surface area contributed by atoms with E-state index in [0.717, 1.165) is 30.5 Å². The Labute approximate surface area is 164 Å². The highest BCUT2D eigenvalue weighted by atomic mass is 16.5. The molecule has 28 heavy (non-hydrogen) atoms. The van der Waals surface area contributed by atoms with Gasteiger partial charge in [0.05, 0.1) is 5.92 Å². The number of Topliss-reactive ketones (excluding diaryl/α,β-unsaturated/α-hetero) is 1. The first-order valence-electron chi connectivity index (χ1n) is 9.70. The van der Waals surface area contributed by atoms with E-state index >= 15 is 0 Å². The normalized spacial score (nSPS) is 18.2. The summed E-state index contributed by atoms with van der Waals surface area (Å²) in [5, 5.41) is 0.